The van der Waals surface area contributed by atoms with E-state index >= 15 is 0 Å². The van der Waals surface area contributed by atoms with Gasteiger partial charge in [-0.05, 0) is 12.8 Å². The maximum absolute atomic E-state index is 11.7. The highest BCUT2D eigenvalue weighted by atomic mass is 32.2. The average molecular weight is 262 g/mol. The zero-order chi connectivity index (χ0) is 13.1. The number of carbonyl (C=O) groups is 1. The van der Waals surface area contributed by atoms with Gasteiger partial charge in [0.15, 0.2) is 0 Å². The van der Waals surface area contributed by atoms with Gasteiger partial charge in [0, 0.05) is 16.6 Å². The van der Waals surface area contributed by atoms with E-state index < -0.39 is 22.0 Å². The first-order valence-corrected chi connectivity index (χ1v) is 8.11. The first-order chi connectivity index (χ1) is 8.13. The Bertz CT molecular complexity index is 229. The van der Waals surface area contributed by atoms with Crippen molar-refractivity contribution in [3.8, 4) is 0 Å². The van der Waals surface area contributed by atoms with Crippen molar-refractivity contribution < 1.29 is 14.1 Å². The highest BCUT2D eigenvalue weighted by Gasteiger charge is 2.21. The van der Waals surface area contributed by atoms with Crippen molar-refractivity contribution in [2.24, 2.45) is 0 Å². The van der Waals surface area contributed by atoms with Gasteiger partial charge in [-0.25, -0.2) is 0 Å². The average Bonchev–Trinajstić information content (AvgIpc) is 2.28. The van der Waals surface area contributed by atoms with Gasteiger partial charge in [0.1, 0.15) is 5.25 Å². The predicted molar refractivity (Wildman–Crippen MR) is 72.7 cm³/mol. The van der Waals surface area contributed by atoms with Crippen LogP contribution in [-0.2, 0) is 15.6 Å². The van der Waals surface area contributed by atoms with E-state index in [1.807, 2.05) is 0 Å². The van der Waals surface area contributed by atoms with Crippen LogP contribution in [0.5, 0.6) is 0 Å². The van der Waals surface area contributed by atoms with Crippen LogP contribution in [0, 0.1) is 0 Å². The lowest BCUT2D eigenvalue weighted by atomic mass is 10.1. The number of aliphatic carboxylic acids is 1. The van der Waals surface area contributed by atoms with Crippen molar-refractivity contribution in [1.29, 1.82) is 0 Å². The summed E-state index contributed by atoms with van der Waals surface area (Å²) < 4.78 is 11.7. The van der Waals surface area contributed by atoms with Crippen molar-refractivity contribution in [1.82, 2.24) is 0 Å². The lowest BCUT2D eigenvalue weighted by Crippen LogP contribution is -2.26. The van der Waals surface area contributed by atoms with E-state index in [4.69, 9.17) is 5.11 Å². The first kappa shape index (κ1) is 16.6. The van der Waals surface area contributed by atoms with Gasteiger partial charge < -0.3 is 5.11 Å². The molecular weight excluding hydrogens is 236 g/mol. The van der Waals surface area contributed by atoms with Gasteiger partial charge >= 0.3 is 5.97 Å². The molecule has 1 N–H and O–H groups in total. The normalized spacial score (nSPS) is 14.5. The van der Waals surface area contributed by atoms with E-state index in [9.17, 15) is 9.00 Å². The maximum Gasteiger partial charge on any atom is 0.319 e. The van der Waals surface area contributed by atoms with E-state index in [2.05, 4.69) is 6.92 Å². The Morgan fingerprint density at radius 1 is 1.06 bits per heavy atom. The van der Waals surface area contributed by atoms with Crippen LogP contribution in [0.3, 0.4) is 0 Å². The number of unbranched alkanes of at least 4 members (excludes halogenated alkanes) is 6. The number of rotatable bonds is 11. The minimum atomic E-state index is -1.20. The zero-order valence-electron chi connectivity index (χ0n) is 11.1. The van der Waals surface area contributed by atoms with Gasteiger partial charge in [0.2, 0.25) is 0 Å². The summed E-state index contributed by atoms with van der Waals surface area (Å²) in [4.78, 5) is 10.8. The molecule has 4 heteroatoms. The Kier molecular flexibility index (Phi) is 10.5. The predicted octanol–water partition coefficient (Wildman–Crippen LogP) is 3.35. The molecule has 0 aliphatic carbocycles. The van der Waals surface area contributed by atoms with Crippen molar-refractivity contribution in [2.45, 2.75) is 70.5 Å². The Balaban J connectivity index is 3.53. The third-order valence-electron chi connectivity index (χ3n) is 2.91. The fourth-order valence-corrected chi connectivity index (χ4v) is 3.19. The molecule has 0 radical (unpaired) electrons. The highest BCUT2D eigenvalue weighted by Crippen LogP contribution is 2.09. The largest absolute Gasteiger partial charge is 0.480 e. The Hall–Kier alpha value is -0.380. The van der Waals surface area contributed by atoms with Gasteiger partial charge in [0.25, 0.3) is 0 Å². The molecule has 0 rings (SSSR count). The van der Waals surface area contributed by atoms with E-state index in [-0.39, 0.29) is 0 Å². The second-order valence-electron chi connectivity index (χ2n) is 4.44. The fraction of sp³-hybridized carbons (Fsp3) is 0.923. The van der Waals surface area contributed by atoms with Crippen LogP contribution in [0.1, 0.15) is 65.2 Å². The van der Waals surface area contributed by atoms with Crippen LogP contribution < -0.4 is 0 Å². The molecule has 0 bridgehead atoms. The number of hydrogen-bond acceptors (Lipinski definition) is 2. The molecule has 0 aliphatic heterocycles. The standard InChI is InChI=1S/C13H26O3S/c1-3-5-6-7-8-9-10-11-17(16)12(4-2)13(14)15/h12H,3-11H2,1-2H3,(H,14,15). The topological polar surface area (TPSA) is 54.4 Å². The highest BCUT2D eigenvalue weighted by molar-refractivity contribution is 7.86. The zero-order valence-corrected chi connectivity index (χ0v) is 11.9. The lowest BCUT2D eigenvalue weighted by molar-refractivity contribution is -0.136. The fourth-order valence-electron chi connectivity index (χ4n) is 1.82. The molecule has 3 nitrogen and oxygen atoms in total. The third kappa shape index (κ3) is 8.36. The lowest BCUT2D eigenvalue weighted by Gasteiger charge is -2.09. The summed E-state index contributed by atoms with van der Waals surface area (Å²) in [6.45, 7) is 3.97. The molecule has 2 atom stereocenters. The third-order valence-corrected chi connectivity index (χ3v) is 4.77. The van der Waals surface area contributed by atoms with Gasteiger partial charge in [0.05, 0.1) is 0 Å². The van der Waals surface area contributed by atoms with Gasteiger partial charge in [-0.3, -0.25) is 9.00 Å². The van der Waals surface area contributed by atoms with E-state index in [0.29, 0.717) is 12.2 Å². The minimum absolute atomic E-state index is 0.457. The van der Waals surface area contributed by atoms with Crippen molar-refractivity contribution in [3.05, 3.63) is 0 Å². The molecule has 102 valence electrons. The number of hydrogen-bond donors (Lipinski definition) is 1. The summed E-state index contributed by atoms with van der Waals surface area (Å²) in [5.41, 5.74) is 0. The molecule has 2 unspecified atom stereocenters. The Morgan fingerprint density at radius 2 is 1.59 bits per heavy atom. The quantitative estimate of drug-likeness (QED) is 0.581. The van der Waals surface area contributed by atoms with Crippen LogP contribution in [0.2, 0.25) is 0 Å². The van der Waals surface area contributed by atoms with Gasteiger partial charge in [-0.15, -0.1) is 0 Å². The molecule has 0 aromatic heterocycles. The molecule has 0 heterocycles. The monoisotopic (exact) mass is 262 g/mol. The van der Waals surface area contributed by atoms with E-state index in [1.54, 1.807) is 6.92 Å². The summed E-state index contributed by atoms with van der Waals surface area (Å²) in [7, 11) is -1.20. The summed E-state index contributed by atoms with van der Waals surface area (Å²) in [6, 6.07) is 0. The molecule has 0 aromatic carbocycles. The van der Waals surface area contributed by atoms with E-state index in [0.717, 1.165) is 12.8 Å². The van der Waals surface area contributed by atoms with Crippen molar-refractivity contribution >= 4 is 16.8 Å². The summed E-state index contributed by atoms with van der Waals surface area (Å²) in [5.74, 6) is -0.382. The van der Waals surface area contributed by atoms with Crippen LogP contribution in [0.4, 0.5) is 0 Å². The Labute approximate surface area is 107 Å². The maximum atomic E-state index is 11.7. The molecule has 0 amide bonds. The second-order valence-corrected chi connectivity index (χ2v) is 6.18. The molecule has 0 aromatic rings. The smallest absolute Gasteiger partial charge is 0.319 e. The second kappa shape index (κ2) is 10.8. The van der Waals surface area contributed by atoms with Crippen LogP contribution >= 0.6 is 0 Å². The van der Waals surface area contributed by atoms with Gasteiger partial charge in [-0.1, -0.05) is 52.4 Å². The minimum Gasteiger partial charge on any atom is -0.480 e. The van der Waals surface area contributed by atoms with Gasteiger partial charge in [-0.2, -0.15) is 0 Å². The van der Waals surface area contributed by atoms with Crippen molar-refractivity contribution in [2.75, 3.05) is 5.75 Å². The molecule has 0 spiro atoms. The summed E-state index contributed by atoms with van der Waals surface area (Å²) >= 11 is 0. The molecule has 0 aliphatic rings. The van der Waals surface area contributed by atoms with Crippen LogP contribution in [0.15, 0.2) is 0 Å². The number of carboxylic acid groups (broad SMARTS) is 1. The van der Waals surface area contributed by atoms with Crippen molar-refractivity contribution in [3.63, 3.8) is 0 Å². The molecule has 0 fully saturated rings. The van der Waals surface area contributed by atoms with Crippen LogP contribution in [-0.4, -0.2) is 26.3 Å². The number of carboxylic acids is 1. The molecular formula is C13H26O3S. The summed E-state index contributed by atoms with van der Waals surface area (Å²) in [5, 5.41) is 8.18. The molecule has 0 saturated heterocycles. The SMILES string of the molecule is CCCCCCCCCS(=O)C(CC)C(=O)O. The molecule has 0 saturated carbocycles. The van der Waals surface area contributed by atoms with Crippen LogP contribution in [0.25, 0.3) is 0 Å². The summed E-state index contributed by atoms with van der Waals surface area (Å²) in [6.07, 6.45) is 8.68. The van der Waals surface area contributed by atoms with E-state index in [1.165, 1.54) is 32.1 Å². The molecule has 17 heavy (non-hydrogen) atoms. The Morgan fingerprint density at radius 3 is 2.06 bits per heavy atom. The first-order valence-electron chi connectivity index (χ1n) is 6.73.